The summed E-state index contributed by atoms with van der Waals surface area (Å²) < 4.78 is 5.26. The molecular formula is C10H14INO. The number of rotatable bonds is 2. The van der Waals surface area contributed by atoms with Crippen molar-refractivity contribution in [3.63, 3.8) is 0 Å². The van der Waals surface area contributed by atoms with E-state index < -0.39 is 0 Å². The van der Waals surface area contributed by atoms with Gasteiger partial charge >= 0.3 is 0 Å². The van der Waals surface area contributed by atoms with Gasteiger partial charge in [-0.2, -0.15) is 0 Å². The van der Waals surface area contributed by atoms with Crippen LogP contribution in [-0.2, 0) is 0 Å². The van der Waals surface area contributed by atoms with Crippen LogP contribution >= 0.6 is 23.0 Å². The summed E-state index contributed by atoms with van der Waals surface area (Å²) in [6, 6.07) is 3.98. The minimum atomic E-state index is 0.438. The van der Waals surface area contributed by atoms with E-state index in [2.05, 4.69) is 13.8 Å². The van der Waals surface area contributed by atoms with Crippen molar-refractivity contribution < 1.29 is 3.07 Å². The molecule has 0 unspecified atom stereocenters. The molecule has 1 aromatic carbocycles. The second kappa shape index (κ2) is 4.17. The van der Waals surface area contributed by atoms with E-state index in [0.29, 0.717) is 5.92 Å². The average molecular weight is 291 g/mol. The second-order valence-electron chi connectivity index (χ2n) is 3.48. The van der Waals surface area contributed by atoms with Crippen molar-refractivity contribution >= 4 is 28.7 Å². The molecule has 0 spiro atoms. The van der Waals surface area contributed by atoms with Gasteiger partial charge in [0.2, 0.25) is 0 Å². The van der Waals surface area contributed by atoms with Gasteiger partial charge in [-0.15, -0.1) is 0 Å². The largest absolute Gasteiger partial charge is 0.427 e. The van der Waals surface area contributed by atoms with E-state index >= 15 is 0 Å². The lowest BCUT2D eigenvalue weighted by Gasteiger charge is -2.12. The summed E-state index contributed by atoms with van der Waals surface area (Å²) in [4.78, 5) is 0. The number of halogens is 1. The first-order valence-electron chi connectivity index (χ1n) is 4.25. The Bertz CT molecular complexity index is 310. The lowest BCUT2D eigenvalue weighted by molar-refractivity contribution is 0.684. The van der Waals surface area contributed by atoms with Gasteiger partial charge in [-0.3, -0.25) is 0 Å². The third kappa shape index (κ3) is 2.27. The third-order valence-electron chi connectivity index (χ3n) is 2.10. The molecule has 0 bridgehead atoms. The van der Waals surface area contributed by atoms with Gasteiger partial charge in [-0.1, -0.05) is 13.8 Å². The number of nitrogen functional groups attached to an aromatic ring is 1. The SMILES string of the molecule is Cc1cc(OI)c(C(C)C)cc1N. The van der Waals surface area contributed by atoms with Crippen LogP contribution in [-0.4, -0.2) is 0 Å². The van der Waals surface area contributed by atoms with Gasteiger partial charge in [0.1, 0.15) is 5.75 Å². The first-order valence-corrected chi connectivity index (χ1v) is 5.13. The first kappa shape index (κ1) is 10.6. The van der Waals surface area contributed by atoms with Crippen molar-refractivity contribution in [2.45, 2.75) is 26.7 Å². The van der Waals surface area contributed by atoms with Crippen LogP contribution in [0.15, 0.2) is 12.1 Å². The monoisotopic (exact) mass is 291 g/mol. The molecule has 0 atom stereocenters. The van der Waals surface area contributed by atoms with Gasteiger partial charge in [0.25, 0.3) is 0 Å². The highest BCUT2D eigenvalue weighted by Crippen LogP contribution is 2.31. The summed E-state index contributed by atoms with van der Waals surface area (Å²) in [7, 11) is 0. The predicted octanol–water partition coefficient (Wildman–Crippen LogP) is 3.43. The van der Waals surface area contributed by atoms with Crippen LogP contribution < -0.4 is 8.80 Å². The van der Waals surface area contributed by atoms with Gasteiger partial charge in [0.15, 0.2) is 23.0 Å². The molecule has 1 aromatic rings. The van der Waals surface area contributed by atoms with Gasteiger partial charge in [0.05, 0.1) is 0 Å². The highest BCUT2D eigenvalue weighted by molar-refractivity contribution is 14.1. The summed E-state index contributed by atoms with van der Waals surface area (Å²) in [5, 5.41) is 0. The fourth-order valence-corrected chi connectivity index (χ4v) is 1.62. The Labute approximate surface area is 93.2 Å². The Hall–Kier alpha value is -0.450. The molecule has 1 rings (SSSR count). The molecule has 13 heavy (non-hydrogen) atoms. The molecule has 0 saturated heterocycles. The van der Waals surface area contributed by atoms with Crippen LogP contribution in [0.1, 0.15) is 30.9 Å². The number of aryl methyl sites for hydroxylation is 1. The zero-order valence-electron chi connectivity index (χ0n) is 8.10. The second-order valence-corrected chi connectivity index (χ2v) is 3.92. The van der Waals surface area contributed by atoms with Crippen LogP contribution in [0.4, 0.5) is 5.69 Å². The molecule has 0 aromatic heterocycles. The quantitative estimate of drug-likeness (QED) is 0.669. The Morgan fingerprint density at radius 2 is 2.00 bits per heavy atom. The number of hydrogen-bond donors (Lipinski definition) is 1. The molecule has 72 valence electrons. The molecule has 2 N–H and O–H groups in total. The van der Waals surface area contributed by atoms with E-state index in [4.69, 9.17) is 8.80 Å². The molecule has 3 heteroatoms. The van der Waals surface area contributed by atoms with E-state index in [0.717, 1.165) is 22.6 Å². The molecule has 0 amide bonds. The predicted molar refractivity (Wildman–Crippen MR) is 64.3 cm³/mol. The van der Waals surface area contributed by atoms with E-state index in [1.54, 1.807) is 0 Å². The van der Waals surface area contributed by atoms with Crippen LogP contribution in [0.5, 0.6) is 5.75 Å². The van der Waals surface area contributed by atoms with Gasteiger partial charge in [-0.05, 0) is 36.1 Å². The lowest BCUT2D eigenvalue weighted by Crippen LogP contribution is -1.96. The summed E-state index contributed by atoms with van der Waals surface area (Å²) in [6.45, 7) is 6.24. The third-order valence-corrected chi connectivity index (χ3v) is 2.58. The molecule has 0 radical (unpaired) electrons. The van der Waals surface area contributed by atoms with Crippen molar-refractivity contribution in [3.8, 4) is 5.75 Å². The van der Waals surface area contributed by atoms with Crippen LogP contribution in [0.2, 0.25) is 0 Å². The minimum absolute atomic E-state index is 0.438. The van der Waals surface area contributed by atoms with Crippen molar-refractivity contribution in [1.82, 2.24) is 0 Å². The van der Waals surface area contributed by atoms with Crippen molar-refractivity contribution in [3.05, 3.63) is 23.3 Å². The minimum Gasteiger partial charge on any atom is -0.427 e. The maximum atomic E-state index is 5.82. The smallest absolute Gasteiger partial charge is 0.192 e. The van der Waals surface area contributed by atoms with E-state index in [9.17, 15) is 0 Å². The maximum absolute atomic E-state index is 5.82. The van der Waals surface area contributed by atoms with E-state index in [1.165, 1.54) is 0 Å². The Kier molecular flexibility index (Phi) is 3.41. The summed E-state index contributed by atoms with van der Waals surface area (Å²) in [5.74, 6) is 1.36. The summed E-state index contributed by atoms with van der Waals surface area (Å²) in [5.41, 5.74) is 8.89. The molecular weight excluding hydrogens is 277 g/mol. The van der Waals surface area contributed by atoms with Crippen molar-refractivity contribution in [2.75, 3.05) is 5.73 Å². The molecule has 0 heterocycles. The molecule has 2 nitrogen and oxygen atoms in total. The molecule has 0 saturated carbocycles. The van der Waals surface area contributed by atoms with Gasteiger partial charge in [0, 0.05) is 5.69 Å². The Morgan fingerprint density at radius 1 is 1.38 bits per heavy atom. The van der Waals surface area contributed by atoms with E-state index in [1.807, 2.05) is 42.1 Å². The van der Waals surface area contributed by atoms with Crippen LogP contribution in [0, 0.1) is 6.92 Å². The number of nitrogens with two attached hydrogens (primary N) is 1. The fraction of sp³-hybridized carbons (Fsp3) is 0.400. The number of benzene rings is 1. The molecule has 0 aliphatic heterocycles. The highest BCUT2D eigenvalue weighted by atomic mass is 127. The van der Waals surface area contributed by atoms with Crippen molar-refractivity contribution in [2.24, 2.45) is 0 Å². The number of hydrogen-bond acceptors (Lipinski definition) is 2. The molecule has 0 aliphatic carbocycles. The Balaban J connectivity index is 3.25. The standard InChI is InChI=1S/C10H14INO/c1-6(2)8-5-9(12)7(3)4-10(8)13-11/h4-6H,12H2,1-3H3. The first-order chi connectivity index (χ1) is 6.06. The zero-order valence-corrected chi connectivity index (χ0v) is 10.3. The van der Waals surface area contributed by atoms with Gasteiger partial charge in [-0.25, -0.2) is 0 Å². The van der Waals surface area contributed by atoms with Crippen molar-refractivity contribution in [1.29, 1.82) is 0 Å². The zero-order chi connectivity index (χ0) is 10.0. The molecule has 0 fully saturated rings. The fourth-order valence-electron chi connectivity index (χ4n) is 1.23. The number of anilines is 1. The van der Waals surface area contributed by atoms with Crippen LogP contribution in [0.3, 0.4) is 0 Å². The summed E-state index contributed by atoms with van der Waals surface area (Å²) >= 11 is 1.90. The Morgan fingerprint density at radius 3 is 2.46 bits per heavy atom. The topological polar surface area (TPSA) is 35.2 Å². The van der Waals surface area contributed by atoms with Gasteiger partial charge < -0.3 is 8.80 Å². The average Bonchev–Trinajstić information content (AvgIpc) is 2.08. The van der Waals surface area contributed by atoms with Crippen LogP contribution in [0.25, 0.3) is 0 Å². The molecule has 0 aliphatic rings. The highest BCUT2D eigenvalue weighted by Gasteiger charge is 2.09. The van der Waals surface area contributed by atoms with E-state index in [-0.39, 0.29) is 0 Å². The maximum Gasteiger partial charge on any atom is 0.192 e. The summed E-state index contributed by atoms with van der Waals surface area (Å²) in [6.07, 6.45) is 0. The lowest BCUT2D eigenvalue weighted by atomic mass is 9.99. The normalized spacial score (nSPS) is 10.5.